The predicted molar refractivity (Wildman–Crippen MR) is 116 cm³/mol. The molecule has 0 saturated carbocycles. The van der Waals surface area contributed by atoms with Gasteiger partial charge in [-0.05, 0) is 67.7 Å². The molecule has 2 aromatic rings. The standard InChI is InChI=1S/C21H22BrClFN3O3/c1-11(12-6-5-8-25-18(12)26-20(29)30-21(2,3)4)27-9-7-13-14(19(27)28)10-15(24)16(22)17(13)23/h5-6,8,10-11H,7,9H2,1-4H3,(H,25,26,29). The fourth-order valence-electron chi connectivity index (χ4n) is 3.35. The van der Waals surface area contributed by atoms with Crippen molar-refractivity contribution in [3.8, 4) is 0 Å². The van der Waals surface area contributed by atoms with E-state index in [9.17, 15) is 14.0 Å². The number of rotatable bonds is 3. The number of nitrogens with one attached hydrogen (secondary N) is 1. The lowest BCUT2D eigenvalue weighted by atomic mass is 9.96. The molecule has 2 amide bonds. The maximum Gasteiger partial charge on any atom is 0.413 e. The molecule has 1 atom stereocenters. The normalized spacial score (nSPS) is 14.9. The minimum Gasteiger partial charge on any atom is -0.444 e. The lowest BCUT2D eigenvalue weighted by Gasteiger charge is -2.35. The second kappa shape index (κ2) is 8.51. The quantitative estimate of drug-likeness (QED) is 0.548. The van der Waals surface area contributed by atoms with Gasteiger partial charge in [0, 0.05) is 23.9 Å². The molecule has 0 radical (unpaired) electrons. The van der Waals surface area contributed by atoms with Crippen LogP contribution in [0.15, 0.2) is 28.9 Å². The summed E-state index contributed by atoms with van der Waals surface area (Å²) < 4.78 is 19.6. The first-order chi connectivity index (χ1) is 14.0. The molecule has 1 aliphatic heterocycles. The Kier molecular flexibility index (Phi) is 6.38. The Bertz CT molecular complexity index is 1010. The van der Waals surface area contributed by atoms with Crippen molar-refractivity contribution in [2.45, 2.75) is 45.8 Å². The molecule has 1 N–H and O–H groups in total. The third-order valence-corrected chi connectivity index (χ3v) is 6.15. The van der Waals surface area contributed by atoms with E-state index in [0.717, 1.165) is 0 Å². The molecule has 1 aromatic heterocycles. The van der Waals surface area contributed by atoms with Crippen LogP contribution in [-0.4, -0.2) is 34.0 Å². The molecule has 1 aromatic carbocycles. The van der Waals surface area contributed by atoms with Gasteiger partial charge in [0.15, 0.2) is 0 Å². The maximum atomic E-state index is 14.2. The van der Waals surface area contributed by atoms with Gasteiger partial charge in [0.25, 0.3) is 5.91 Å². The van der Waals surface area contributed by atoms with Crippen molar-refractivity contribution in [2.24, 2.45) is 0 Å². The third kappa shape index (κ3) is 4.59. The van der Waals surface area contributed by atoms with Gasteiger partial charge >= 0.3 is 6.09 Å². The molecule has 9 heteroatoms. The van der Waals surface area contributed by atoms with Gasteiger partial charge in [-0.3, -0.25) is 10.1 Å². The molecule has 1 unspecified atom stereocenters. The molecule has 0 fully saturated rings. The monoisotopic (exact) mass is 497 g/mol. The summed E-state index contributed by atoms with van der Waals surface area (Å²) >= 11 is 9.35. The van der Waals surface area contributed by atoms with Crippen LogP contribution in [-0.2, 0) is 11.2 Å². The predicted octanol–water partition coefficient (Wildman–Crippen LogP) is 5.74. The van der Waals surface area contributed by atoms with E-state index >= 15 is 0 Å². The zero-order valence-electron chi connectivity index (χ0n) is 17.1. The Morgan fingerprint density at radius 2 is 2.13 bits per heavy atom. The van der Waals surface area contributed by atoms with Crippen LogP contribution in [0.2, 0.25) is 5.02 Å². The van der Waals surface area contributed by atoms with Crippen LogP contribution in [0.5, 0.6) is 0 Å². The van der Waals surface area contributed by atoms with Crippen LogP contribution >= 0.6 is 27.5 Å². The number of benzene rings is 1. The Morgan fingerprint density at radius 1 is 1.43 bits per heavy atom. The van der Waals surface area contributed by atoms with E-state index in [2.05, 4.69) is 26.2 Å². The lowest BCUT2D eigenvalue weighted by Crippen LogP contribution is -2.40. The van der Waals surface area contributed by atoms with E-state index in [4.69, 9.17) is 16.3 Å². The molecule has 6 nitrogen and oxygen atoms in total. The average molecular weight is 499 g/mol. The number of pyridine rings is 1. The summed E-state index contributed by atoms with van der Waals surface area (Å²) in [6.07, 6.45) is 1.39. The molecular weight excluding hydrogens is 477 g/mol. The number of ether oxygens (including phenoxy) is 1. The van der Waals surface area contributed by atoms with Crippen molar-refractivity contribution < 1.29 is 18.7 Å². The van der Waals surface area contributed by atoms with E-state index < -0.39 is 23.6 Å². The van der Waals surface area contributed by atoms with E-state index in [1.807, 2.05) is 6.92 Å². The first kappa shape index (κ1) is 22.5. The topological polar surface area (TPSA) is 71.5 Å². The molecule has 30 heavy (non-hydrogen) atoms. The first-order valence-electron chi connectivity index (χ1n) is 9.42. The number of carbonyl (C=O) groups excluding carboxylic acids is 2. The van der Waals surface area contributed by atoms with Crippen LogP contribution in [0.25, 0.3) is 0 Å². The number of aromatic nitrogens is 1. The van der Waals surface area contributed by atoms with E-state index in [-0.39, 0.29) is 21.0 Å². The van der Waals surface area contributed by atoms with Crippen molar-refractivity contribution in [2.75, 3.05) is 11.9 Å². The summed E-state index contributed by atoms with van der Waals surface area (Å²) in [4.78, 5) is 31.2. The molecule has 3 rings (SSSR count). The van der Waals surface area contributed by atoms with Crippen molar-refractivity contribution in [3.05, 3.63) is 56.4 Å². The smallest absolute Gasteiger partial charge is 0.413 e. The molecule has 2 heterocycles. The summed E-state index contributed by atoms with van der Waals surface area (Å²) in [7, 11) is 0. The Balaban J connectivity index is 1.89. The Labute approximate surface area is 187 Å². The first-order valence-corrected chi connectivity index (χ1v) is 10.6. The number of fused-ring (bicyclic) bond motifs is 1. The van der Waals surface area contributed by atoms with E-state index in [1.54, 1.807) is 44.0 Å². The van der Waals surface area contributed by atoms with Crippen LogP contribution < -0.4 is 5.32 Å². The highest BCUT2D eigenvalue weighted by Gasteiger charge is 2.33. The van der Waals surface area contributed by atoms with Crippen LogP contribution in [0, 0.1) is 5.82 Å². The van der Waals surface area contributed by atoms with Gasteiger partial charge in [0.1, 0.15) is 17.2 Å². The molecule has 0 spiro atoms. The number of anilines is 1. The summed E-state index contributed by atoms with van der Waals surface area (Å²) in [6, 6.07) is 4.29. The maximum absolute atomic E-state index is 14.2. The fraction of sp³-hybridized carbons (Fsp3) is 0.381. The molecule has 0 saturated heterocycles. The number of amides is 2. The van der Waals surface area contributed by atoms with Gasteiger partial charge in [-0.15, -0.1) is 0 Å². The van der Waals surface area contributed by atoms with Crippen molar-refractivity contribution >= 4 is 45.3 Å². The lowest BCUT2D eigenvalue weighted by molar-refractivity contribution is 0.0635. The third-order valence-electron chi connectivity index (χ3n) is 4.73. The van der Waals surface area contributed by atoms with Gasteiger partial charge in [-0.1, -0.05) is 17.7 Å². The number of halogens is 3. The van der Waals surface area contributed by atoms with Gasteiger partial charge < -0.3 is 9.64 Å². The highest BCUT2D eigenvalue weighted by atomic mass is 79.9. The molecule has 0 bridgehead atoms. The van der Waals surface area contributed by atoms with E-state index in [1.165, 1.54) is 6.07 Å². The molecule has 0 aliphatic carbocycles. The minimum absolute atomic E-state index is 0.160. The highest BCUT2D eigenvalue weighted by Crippen LogP contribution is 2.37. The summed E-state index contributed by atoms with van der Waals surface area (Å²) in [5.74, 6) is -0.614. The Hall–Kier alpha value is -2.19. The van der Waals surface area contributed by atoms with Crippen molar-refractivity contribution in [1.82, 2.24) is 9.88 Å². The van der Waals surface area contributed by atoms with Gasteiger partial charge in [-0.2, -0.15) is 0 Å². The zero-order chi connectivity index (χ0) is 22.2. The molecule has 1 aliphatic rings. The van der Waals surface area contributed by atoms with Gasteiger partial charge in [0.2, 0.25) is 0 Å². The van der Waals surface area contributed by atoms with Crippen LogP contribution in [0.1, 0.15) is 55.2 Å². The Morgan fingerprint density at radius 3 is 2.80 bits per heavy atom. The molecular formula is C21H22BrClFN3O3. The zero-order valence-corrected chi connectivity index (χ0v) is 19.4. The van der Waals surface area contributed by atoms with Gasteiger partial charge in [-0.25, -0.2) is 14.2 Å². The number of nitrogens with zero attached hydrogens (tertiary/aromatic N) is 2. The second-order valence-electron chi connectivity index (χ2n) is 8.01. The SMILES string of the molecule is CC(c1cccnc1NC(=O)OC(C)(C)C)N1CCc2c(cc(F)c(Br)c2Cl)C1=O. The largest absolute Gasteiger partial charge is 0.444 e. The summed E-state index contributed by atoms with van der Waals surface area (Å²) in [5.41, 5.74) is 0.847. The van der Waals surface area contributed by atoms with Crippen LogP contribution in [0.4, 0.5) is 15.0 Å². The second-order valence-corrected chi connectivity index (χ2v) is 9.18. The van der Waals surface area contributed by atoms with Gasteiger partial charge in [0.05, 0.1) is 15.5 Å². The molecule has 160 valence electrons. The summed E-state index contributed by atoms with van der Waals surface area (Å²) in [5, 5.41) is 2.87. The van der Waals surface area contributed by atoms with Crippen LogP contribution in [0.3, 0.4) is 0 Å². The highest BCUT2D eigenvalue weighted by molar-refractivity contribution is 9.10. The summed E-state index contributed by atoms with van der Waals surface area (Å²) in [6.45, 7) is 7.52. The number of hydrogen-bond donors (Lipinski definition) is 1. The number of hydrogen-bond acceptors (Lipinski definition) is 4. The fourth-order valence-corrected chi connectivity index (χ4v) is 3.99. The minimum atomic E-state index is -0.658. The average Bonchev–Trinajstić information content (AvgIpc) is 2.65. The van der Waals surface area contributed by atoms with Crippen molar-refractivity contribution in [3.63, 3.8) is 0 Å². The number of carbonyl (C=O) groups is 2. The van der Waals surface area contributed by atoms with Crippen molar-refractivity contribution in [1.29, 1.82) is 0 Å². The van der Waals surface area contributed by atoms with E-state index in [0.29, 0.717) is 29.9 Å².